The Morgan fingerprint density at radius 2 is 1.76 bits per heavy atom. The molecule has 1 saturated carbocycles. The van der Waals surface area contributed by atoms with Crippen LogP contribution in [0.5, 0.6) is 0 Å². The van der Waals surface area contributed by atoms with E-state index in [1.807, 2.05) is 0 Å². The highest BCUT2D eigenvalue weighted by molar-refractivity contribution is 7.89. The van der Waals surface area contributed by atoms with E-state index in [1.165, 1.54) is 14.1 Å². The summed E-state index contributed by atoms with van der Waals surface area (Å²) in [6.07, 6.45) is 2.35. The highest BCUT2D eigenvalue weighted by Crippen LogP contribution is 2.24. The predicted octanol–water partition coefficient (Wildman–Crippen LogP) is -0.180. The summed E-state index contributed by atoms with van der Waals surface area (Å²) in [6, 6.07) is -0.464. The van der Waals surface area contributed by atoms with E-state index in [4.69, 9.17) is 5.11 Å². The van der Waals surface area contributed by atoms with Crippen LogP contribution in [-0.2, 0) is 14.8 Å². The Labute approximate surface area is 124 Å². The molecule has 1 aliphatic carbocycles. The maximum Gasteiger partial charge on any atom is 0.315 e. The molecule has 1 fully saturated rings. The van der Waals surface area contributed by atoms with Gasteiger partial charge < -0.3 is 15.7 Å². The second kappa shape index (κ2) is 7.60. The SMILES string of the molecule is CN(C)S(=O)(=O)CCNC(=O)NC1CCC(C(=O)O)CC1. The van der Waals surface area contributed by atoms with E-state index in [9.17, 15) is 18.0 Å². The first-order valence-electron chi connectivity index (χ1n) is 6.89. The molecule has 0 radical (unpaired) electrons. The maximum absolute atomic E-state index is 11.6. The average Bonchev–Trinajstić information content (AvgIpc) is 2.38. The fourth-order valence-electron chi connectivity index (χ4n) is 2.20. The van der Waals surface area contributed by atoms with Gasteiger partial charge in [0.25, 0.3) is 0 Å². The van der Waals surface area contributed by atoms with Crippen LogP contribution < -0.4 is 10.6 Å². The maximum atomic E-state index is 11.6. The van der Waals surface area contributed by atoms with E-state index >= 15 is 0 Å². The molecule has 1 aliphatic rings. The van der Waals surface area contributed by atoms with E-state index in [2.05, 4.69) is 10.6 Å². The van der Waals surface area contributed by atoms with Crippen LogP contribution in [0.15, 0.2) is 0 Å². The van der Waals surface area contributed by atoms with Crippen molar-refractivity contribution in [1.29, 1.82) is 0 Å². The summed E-state index contributed by atoms with van der Waals surface area (Å²) in [4.78, 5) is 22.4. The van der Waals surface area contributed by atoms with E-state index in [0.29, 0.717) is 25.7 Å². The average molecular weight is 321 g/mol. The molecule has 9 heteroatoms. The molecule has 0 saturated heterocycles. The first-order chi connectivity index (χ1) is 9.72. The van der Waals surface area contributed by atoms with Gasteiger partial charge >= 0.3 is 12.0 Å². The van der Waals surface area contributed by atoms with Crippen LogP contribution in [0.4, 0.5) is 4.79 Å². The Morgan fingerprint density at radius 3 is 2.24 bits per heavy atom. The van der Waals surface area contributed by atoms with Crippen LogP contribution in [0.3, 0.4) is 0 Å². The molecule has 8 nitrogen and oxygen atoms in total. The van der Waals surface area contributed by atoms with Gasteiger partial charge in [-0.15, -0.1) is 0 Å². The number of carboxylic acids is 1. The van der Waals surface area contributed by atoms with Gasteiger partial charge in [0, 0.05) is 26.7 Å². The molecule has 21 heavy (non-hydrogen) atoms. The van der Waals surface area contributed by atoms with Gasteiger partial charge in [-0.1, -0.05) is 0 Å². The third-order valence-corrected chi connectivity index (χ3v) is 5.45. The number of nitrogens with one attached hydrogen (secondary N) is 2. The van der Waals surface area contributed by atoms with Gasteiger partial charge in [0.15, 0.2) is 0 Å². The van der Waals surface area contributed by atoms with Crippen molar-refractivity contribution in [3.63, 3.8) is 0 Å². The van der Waals surface area contributed by atoms with E-state index in [0.717, 1.165) is 4.31 Å². The lowest BCUT2D eigenvalue weighted by atomic mass is 9.86. The number of amides is 2. The minimum Gasteiger partial charge on any atom is -0.481 e. The van der Waals surface area contributed by atoms with Gasteiger partial charge in [0.2, 0.25) is 10.0 Å². The predicted molar refractivity (Wildman–Crippen MR) is 77.4 cm³/mol. The number of aliphatic carboxylic acids is 1. The summed E-state index contributed by atoms with van der Waals surface area (Å²) in [5.41, 5.74) is 0. The Kier molecular flexibility index (Phi) is 6.41. The Balaban J connectivity index is 2.25. The summed E-state index contributed by atoms with van der Waals surface area (Å²) in [5.74, 6) is -1.26. The van der Waals surface area contributed by atoms with Crippen molar-refractivity contribution in [2.45, 2.75) is 31.7 Å². The van der Waals surface area contributed by atoms with Crippen LogP contribution >= 0.6 is 0 Å². The molecular weight excluding hydrogens is 298 g/mol. The standard InChI is InChI=1S/C12H23N3O5S/c1-15(2)21(19,20)8-7-13-12(18)14-10-5-3-9(4-6-10)11(16)17/h9-10H,3-8H2,1-2H3,(H,16,17)(H2,13,14,18). The van der Waals surface area contributed by atoms with Crippen molar-refractivity contribution in [2.75, 3.05) is 26.4 Å². The molecule has 1 rings (SSSR count). The first-order valence-corrected chi connectivity index (χ1v) is 8.50. The second-order valence-electron chi connectivity index (χ2n) is 5.39. The van der Waals surface area contributed by atoms with E-state index < -0.39 is 22.0 Å². The van der Waals surface area contributed by atoms with Crippen molar-refractivity contribution in [3.05, 3.63) is 0 Å². The number of carboxylic acid groups (broad SMARTS) is 1. The van der Waals surface area contributed by atoms with Crippen molar-refractivity contribution in [1.82, 2.24) is 14.9 Å². The third-order valence-electron chi connectivity index (χ3n) is 3.61. The number of sulfonamides is 1. The largest absolute Gasteiger partial charge is 0.481 e. The van der Waals surface area contributed by atoms with E-state index in [-0.39, 0.29) is 24.3 Å². The van der Waals surface area contributed by atoms with Crippen molar-refractivity contribution in [2.24, 2.45) is 5.92 Å². The zero-order valence-electron chi connectivity index (χ0n) is 12.3. The number of hydrogen-bond acceptors (Lipinski definition) is 4. The summed E-state index contributed by atoms with van der Waals surface area (Å²) in [6.45, 7) is 0.0385. The molecule has 3 N–H and O–H groups in total. The fraction of sp³-hybridized carbons (Fsp3) is 0.833. The molecule has 0 spiro atoms. The Morgan fingerprint density at radius 1 is 1.19 bits per heavy atom. The molecule has 0 atom stereocenters. The van der Waals surface area contributed by atoms with Crippen LogP contribution in [0, 0.1) is 5.92 Å². The molecule has 0 aromatic carbocycles. The van der Waals surface area contributed by atoms with Crippen LogP contribution in [0.2, 0.25) is 0 Å². The van der Waals surface area contributed by atoms with Crippen LogP contribution in [-0.4, -0.2) is 62.3 Å². The summed E-state index contributed by atoms with van der Waals surface area (Å²) in [5, 5.41) is 14.1. The summed E-state index contributed by atoms with van der Waals surface area (Å²) < 4.78 is 24.1. The molecule has 0 heterocycles. The van der Waals surface area contributed by atoms with Crippen molar-refractivity contribution >= 4 is 22.0 Å². The molecule has 0 bridgehead atoms. The topological polar surface area (TPSA) is 116 Å². The van der Waals surface area contributed by atoms with Crippen LogP contribution in [0.1, 0.15) is 25.7 Å². The normalized spacial score (nSPS) is 22.8. The lowest BCUT2D eigenvalue weighted by Gasteiger charge is -2.26. The third kappa shape index (κ3) is 5.88. The van der Waals surface area contributed by atoms with Crippen molar-refractivity contribution in [3.8, 4) is 0 Å². The van der Waals surface area contributed by atoms with Gasteiger partial charge in [0.05, 0.1) is 11.7 Å². The zero-order chi connectivity index (χ0) is 16.0. The Hall–Kier alpha value is -1.35. The smallest absolute Gasteiger partial charge is 0.315 e. The van der Waals surface area contributed by atoms with Crippen LogP contribution in [0.25, 0.3) is 0 Å². The molecule has 122 valence electrons. The highest BCUT2D eigenvalue weighted by Gasteiger charge is 2.26. The minimum atomic E-state index is -3.32. The first kappa shape index (κ1) is 17.7. The summed E-state index contributed by atoms with van der Waals surface area (Å²) >= 11 is 0. The summed E-state index contributed by atoms with van der Waals surface area (Å²) in [7, 11) is -0.437. The Bertz CT molecular complexity index is 469. The molecule has 0 aliphatic heterocycles. The molecule has 0 aromatic heterocycles. The monoisotopic (exact) mass is 321 g/mol. The van der Waals surface area contributed by atoms with Gasteiger partial charge in [-0.2, -0.15) is 0 Å². The quantitative estimate of drug-likeness (QED) is 0.627. The number of rotatable bonds is 6. The molecule has 2 amide bonds. The van der Waals surface area contributed by atoms with Crippen molar-refractivity contribution < 1.29 is 23.1 Å². The number of nitrogens with zero attached hydrogens (tertiary/aromatic N) is 1. The molecular formula is C12H23N3O5S. The second-order valence-corrected chi connectivity index (χ2v) is 7.69. The molecule has 0 aromatic rings. The number of carbonyl (C=O) groups excluding carboxylic acids is 1. The fourth-order valence-corrected chi connectivity index (χ4v) is 2.92. The lowest BCUT2D eigenvalue weighted by molar-refractivity contribution is -0.142. The van der Waals surface area contributed by atoms with Gasteiger partial charge in [-0.25, -0.2) is 17.5 Å². The highest BCUT2D eigenvalue weighted by atomic mass is 32.2. The van der Waals surface area contributed by atoms with E-state index in [1.54, 1.807) is 0 Å². The molecule has 0 unspecified atom stereocenters. The van der Waals surface area contributed by atoms with Gasteiger partial charge in [0.1, 0.15) is 0 Å². The number of hydrogen-bond donors (Lipinski definition) is 3. The lowest BCUT2D eigenvalue weighted by Crippen LogP contribution is -2.45. The van der Waals surface area contributed by atoms with Gasteiger partial charge in [-0.05, 0) is 25.7 Å². The van der Waals surface area contributed by atoms with Gasteiger partial charge in [-0.3, -0.25) is 4.79 Å². The number of carbonyl (C=O) groups is 2. The number of urea groups is 1. The zero-order valence-corrected chi connectivity index (χ0v) is 13.1. The minimum absolute atomic E-state index is 0.0385.